The fourth-order valence-electron chi connectivity index (χ4n) is 5.82. The van der Waals surface area contributed by atoms with Gasteiger partial charge in [-0.2, -0.15) is 0 Å². The number of rotatable bonds is 7. The average molecular weight is 493 g/mol. The number of fused-ring (bicyclic) bond motifs is 1. The monoisotopic (exact) mass is 492 g/mol. The smallest absolute Gasteiger partial charge is 0.119 e. The molecule has 0 amide bonds. The molecule has 7 heteroatoms. The maximum absolute atomic E-state index is 5.73. The fraction of sp³-hybridized carbons (Fsp3) is 0.536. The predicted octanol–water partition coefficient (Wildman–Crippen LogP) is 5.13. The molecule has 5 heterocycles. The third kappa shape index (κ3) is 5.05. The van der Waals surface area contributed by atoms with E-state index < -0.39 is 0 Å². The van der Waals surface area contributed by atoms with E-state index in [4.69, 9.17) is 14.5 Å². The zero-order valence-corrected chi connectivity index (χ0v) is 21.6. The Labute approximate surface area is 212 Å². The van der Waals surface area contributed by atoms with Crippen molar-refractivity contribution < 1.29 is 9.47 Å². The van der Waals surface area contributed by atoms with E-state index >= 15 is 0 Å². The van der Waals surface area contributed by atoms with E-state index in [-0.39, 0.29) is 0 Å². The molecule has 0 bridgehead atoms. The van der Waals surface area contributed by atoms with E-state index in [1.807, 2.05) is 17.4 Å². The van der Waals surface area contributed by atoms with Gasteiger partial charge >= 0.3 is 0 Å². The number of hydrogen-bond donors (Lipinski definition) is 0. The third-order valence-corrected chi connectivity index (χ3v) is 8.67. The fourth-order valence-corrected chi connectivity index (χ4v) is 6.74. The van der Waals surface area contributed by atoms with Gasteiger partial charge in [-0.3, -0.25) is 9.80 Å². The Morgan fingerprint density at radius 2 is 1.97 bits per heavy atom. The quantitative estimate of drug-likeness (QED) is 0.458. The summed E-state index contributed by atoms with van der Waals surface area (Å²) in [7, 11) is 1.73. The van der Waals surface area contributed by atoms with Gasteiger partial charge in [0.2, 0.25) is 0 Å². The molecule has 2 aromatic heterocycles. The van der Waals surface area contributed by atoms with Crippen molar-refractivity contribution in [3.63, 3.8) is 0 Å². The Morgan fingerprint density at radius 1 is 1.06 bits per heavy atom. The Balaban J connectivity index is 1.22. The predicted molar refractivity (Wildman–Crippen MR) is 140 cm³/mol. The standard InChI is InChI=1S/C28H36N4O2S/c1-33-24-7-5-6-22(15-24)27-26-18-31(11-12-32(26)28(29-27)23-8-13-34-19-23)17-25-14-21(20-35-25)16-30-9-3-2-4-10-30/h5-7,14-15,20,23H,2-4,8-13,16-19H2,1H3. The summed E-state index contributed by atoms with van der Waals surface area (Å²) in [5.41, 5.74) is 5.05. The van der Waals surface area contributed by atoms with E-state index in [9.17, 15) is 0 Å². The van der Waals surface area contributed by atoms with Gasteiger partial charge in [-0.1, -0.05) is 18.6 Å². The molecule has 3 aliphatic heterocycles. The number of ether oxygens (including phenoxy) is 2. The van der Waals surface area contributed by atoms with Crippen LogP contribution in [-0.4, -0.2) is 59.3 Å². The van der Waals surface area contributed by atoms with Gasteiger partial charge in [0.1, 0.15) is 11.6 Å². The molecular weight excluding hydrogens is 456 g/mol. The summed E-state index contributed by atoms with van der Waals surface area (Å²) in [6.07, 6.45) is 5.16. The van der Waals surface area contributed by atoms with Gasteiger partial charge in [0.25, 0.3) is 0 Å². The van der Waals surface area contributed by atoms with Crippen LogP contribution in [0.2, 0.25) is 0 Å². The van der Waals surface area contributed by atoms with Crippen LogP contribution >= 0.6 is 11.3 Å². The van der Waals surface area contributed by atoms with E-state index in [2.05, 4.69) is 44.0 Å². The molecule has 35 heavy (non-hydrogen) atoms. The van der Waals surface area contributed by atoms with Gasteiger partial charge < -0.3 is 14.0 Å². The zero-order valence-electron chi connectivity index (χ0n) is 20.7. The highest BCUT2D eigenvalue weighted by Crippen LogP contribution is 2.35. The van der Waals surface area contributed by atoms with Crippen molar-refractivity contribution in [3.8, 4) is 17.0 Å². The molecule has 0 aliphatic carbocycles. The van der Waals surface area contributed by atoms with Gasteiger partial charge in [-0.15, -0.1) is 11.3 Å². The highest BCUT2D eigenvalue weighted by atomic mass is 32.1. The van der Waals surface area contributed by atoms with Crippen LogP contribution in [0.5, 0.6) is 5.75 Å². The highest BCUT2D eigenvalue weighted by Gasteiger charge is 2.30. The van der Waals surface area contributed by atoms with Crippen molar-refractivity contribution in [3.05, 3.63) is 57.7 Å². The average Bonchev–Trinajstić information content (AvgIpc) is 3.65. The van der Waals surface area contributed by atoms with E-state index in [0.29, 0.717) is 5.92 Å². The highest BCUT2D eigenvalue weighted by molar-refractivity contribution is 7.10. The molecule has 1 unspecified atom stereocenters. The lowest BCUT2D eigenvalue weighted by molar-refractivity contribution is 0.190. The number of nitrogens with zero attached hydrogens (tertiary/aromatic N) is 4. The van der Waals surface area contributed by atoms with Crippen LogP contribution in [0, 0.1) is 0 Å². The molecule has 3 aromatic rings. The van der Waals surface area contributed by atoms with Crippen LogP contribution in [0.3, 0.4) is 0 Å². The lowest BCUT2D eigenvalue weighted by atomic mass is 10.1. The largest absolute Gasteiger partial charge is 0.497 e. The summed E-state index contributed by atoms with van der Waals surface area (Å²) in [6.45, 7) is 9.21. The molecule has 2 saturated heterocycles. The van der Waals surface area contributed by atoms with Crippen LogP contribution in [0.4, 0.5) is 0 Å². The molecule has 0 spiro atoms. The summed E-state index contributed by atoms with van der Waals surface area (Å²) < 4.78 is 13.7. The molecule has 2 fully saturated rings. The van der Waals surface area contributed by atoms with Crippen molar-refractivity contribution in [1.82, 2.24) is 19.4 Å². The maximum atomic E-state index is 5.73. The molecule has 0 N–H and O–H groups in total. The van der Waals surface area contributed by atoms with Crippen LogP contribution in [0.15, 0.2) is 35.7 Å². The topological polar surface area (TPSA) is 42.8 Å². The summed E-state index contributed by atoms with van der Waals surface area (Å²) >= 11 is 1.92. The zero-order chi connectivity index (χ0) is 23.6. The van der Waals surface area contributed by atoms with Gasteiger partial charge in [0.15, 0.2) is 0 Å². The molecule has 0 radical (unpaired) electrons. The van der Waals surface area contributed by atoms with E-state index in [1.165, 1.54) is 54.3 Å². The molecule has 6 rings (SSSR count). The van der Waals surface area contributed by atoms with E-state index in [1.54, 1.807) is 7.11 Å². The van der Waals surface area contributed by atoms with Gasteiger partial charge in [0.05, 0.1) is 25.1 Å². The Bertz CT molecular complexity index is 1140. The molecule has 1 atom stereocenters. The Kier molecular flexibility index (Phi) is 6.92. The van der Waals surface area contributed by atoms with Crippen molar-refractivity contribution in [1.29, 1.82) is 0 Å². The lowest BCUT2D eigenvalue weighted by Crippen LogP contribution is -2.34. The second kappa shape index (κ2) is 10.4. The number of hydrogen-bond acceptors (Lipinski definition) is 6. The number of piperidine rings is 1. The molecule has 3 aliphatic rings. The second-order valence-electron chi connectivity index (χ2n) is 10.2. The maximum Gasteiger partial charge on any atom is 0.119 e. The molecular formula is C28H36N4O2S. The summed E-state index contributed by atoms with van der Waals surface area (Å²) in [5, 5.41) is 2.37. The van der Waals surface area contributed by atoms with Crippen LogP contribution in [0.1, 0.15) is 53.6 Å². The summed E-state index contributed by atoms with van der Waals surface area (Å²) in [4.78, 5) is 11.9. The lowest BCUT2D eigenvalue weighted by Gasteiger charge is -2.29. The number of imidazole rings is 1. The second-order valence-corrected chi connectivity index (χ2v) is 11.2. The number of methoxy groups -OCH3 is 1. The first-order valence-corrected chi connectivity index (χ1v) is 14.0. The first kappa shape index (κ1) is 23.2. The first-order chi connectivity index (χ1) is 17.3. The van der Waals surface area contributed by atoms with Crippen molar-refractivity contribution in [2.75, 3.05) is 40.0 Å². The molecule has 186 valence electrons. The molecule has 1 aromatic carbocycles. The van der Waals surface area contributed by atoms with Crippen molar-refractivity contribution in [2.24, 2.45) is 0 Å². The minimum Gasteiger partial charge on any atom is -0.497 e. The number of likely N-dealkylation sites (tertiary alicyclic amines) is 1. The minimum atomic E-state index is 0.397. The Hall–Kier alpha value is -2.19. The van der Waals surface area contributed by atoms with Crippen LogP contribution < -0.4 is 4.74 Å². The van der Waals surface area contributed by atoms with E-state index in [0.717, 1.165) is 69.4 Å². The van der Waals surface area contributed by atoms with Crippen LogP contribution in [0.25, 0.3) is 11.3 Å². The van der Waals surface area contributed by atoms with Crippen molar-refractivity contribution in [2.45, 2.75) is 57.8 Å². The molecule has 6 nitrogen and oxygen atoms in total. The first-order valence-electron chi connectivity index (χ1n) is 13.1. The SMILES string of the molecule is COc1cccc(-c2nc(C3CCOC3)n3c2CN(Cc2cc(CN4CCCCC4)cs2)CC3)c1. The van der Waals surface area contributed by atoms with Gasteiger partial charge in [-0.05, 0) is 61.5 Å². The number of benzene rings is 1. The van der Waals surface area contributed by atoms with Crippen LogP contribution in [-0.2, 0) is 30.9 Å². The summed E-state index contributed by atoms with van der Waals surface area (Å²) in [6, 6.07) is 10.8. The summed E-state index contributed by atoms with van der Waals surface area (Å²) in [5.74, 6) is 2.48. The normalized spacial score (nSPS) is 21.3. The third-order valence-electron chi connectivity index (χ3n) is 7.70. The van der Waals surface area contributed by atoms with Crippen molar-refractivity contribution >= 4 is 11.3 Å². The van der Waals surface area contributed by atoms with Gasteiger partial charge in [0, 0.05) is 55.7 Å². The minimum absolute atomic E-state index is 0.397. The number of aromatic nitrogens is 2. The van der Waals surface area contributed by atoms with Gasteiger partial charge in [-0.25, -0.2) is 4.98 Å². The molecule has 0 saturated carbocycles. The Morgan fingerprint density at radius 3 is 2.80 bits per heavy atom. The number of thiophene rings is 1.